The first-order valence-corrected chi connectivity index (χ1v) is 9.21. The van der Waals surface area contributed by atoms with Crippen LogP contribution in [0.25, 0.3) is 0 Å². The topological polar surface area (TPSA) is 58.2 Å². The molecule has 1 atom stereocenters. The number of amides is 2. The molecule has 2 amide bonds. The van der Waals surface area contributed by atoms with Crippen molar-refractivity contribution in [2.24, 2.45) is 0 Å². The van der Waals surface area contributed by atoms with E-state index >= 15 is 0 Å². The molecule has 0 spiro atoms. The lowest BCUT2D eigenvalue weighted by Crippen LogP contribution is -2.38. The number of hydrogen-bond acceptors (Lipinski definition) is 2. The van der Waals surface area contributed by atoms with Crippen LogP contribution in [-0.4, -0.2) is 11.8 Å². The van der Waals surface area contributed by atoms with Gasteiger partial charge < -0.3 is 10.6 Å². The summed E-state index contributed by atoms with van der Waals surface area (Å²) in [4.78, 5) is 24.7. The van der Waals surface area contributed by atoms with Crippen LogP contribution >= 0.6 is 0 Å². The largest absolute Gasteiger partial charge is 0.416 e. The monoisotopic (exact) mass is 412 g/mol. The molecule has 0 aliphatic heterocycles. The molecule has 0 radical (unpaired) electrons. The zero-order valence-corrected chi connectivity index (χ0v) is 15.8. The van der Waals surface area contributed by atoms with E-state index in [4.69, 9.17) is 0 Å². The molecule has 0 aliphatic carbocycles. The number of alkyl halides is 3. The van der Waals surface area contributed by atoms with Gasteiger partial charge >= 0.3 is 18.0 Å². The maximum Gasteiger partial charge on any atom is 0.416 e. The van der Waals surface area contributed by atoms with Crippen LogP contribution in [-0.2, 0) is 22.2 Å². The second-order valence-electron chi connectivity index (χ2n) is 6.66. The van der Waals surface area contributed by atoms with Gasteiger partial charge in [-0.05, 0) is 35.7 Å². The molecular weight excluding hydrogens is 393 g/mol. The maximum absolute atomic E-state index is 12.8. The molecule has 0 aliphatic rings. The molecule has 0 aromatic heterocycles. The van der Waals surface area contributed by atoms with Crippen LogP contribution in [0.15, 0.2) is 84.9 Å². The van der Waals surface area contributed by atoms with E-state index < -0.39 is 29.6 Å². The molecular formula is C23H19F3N2O2. The fourth-order valence-corrected chi connectivity index (χ4v) is 2.97. The molecule has 4 nitrogen and oxygen atoms in total. The number of hydrogen-bond donors (Lipinski definition) is 2. The Morgan fingerprint density at radius 3 is 2.07 bits per heavy atom. The molecule has 7 heteroatoms. The Kier molecular flexibility index (Phi) is 6.51. The molecule has 0 saturated heterocycles. The van der Waals surface area contributed by atoms with Crippen molar-refractivity contribution in [1.82, 2.24) is 5.32 Å². The number of nitrogens with one attached hydrogen (secondary N) is 2. The van der Waals surface area contributed by atoms with Crippen molar-refractivity contribution in [3.05, 3.63) is 102 Å². The van der Waals surface area contributed by atoms with Crippen molar-refractivity contribution in [3.63, 3.8) is 0 Å². The molecule has 0 bridgehead atoms. The number of benzene rings is 3. The van der Waals surface area contributed by atoms with Gasteiger partial charge in [0.15, 0.2) is 0 Å². The van der Waals surface area contributed by atoms with Crippen LogP contribution in [0.4, 0.5) is 18.9 Å². The van der Waals surface area contributed by atoms with E-state index in [2.05, 4.69) is 10.6 Å². The van der Waals surface area contributed by atoms with Gasteiger partial charge in [-0.1, -0.05) is 66.7 Å². The smallest absolute Gasteiger partial charge is 0.341 e. The third kappa shape index (κ3) is 5.70. The average Bonchev–Trinajstić information content (AvgIpc) is 2.74. The van der Waals surface area contributed by atoms with Crippen LogP contribution < -0.4 is 10.6 Å². The first-order chi connectivity index (χ1) is 14.3. The number of carbonyl (C=O) groups is 2. The second kappa shape index (κ2) is 9.26. The van der Waals surface area contributed by atoms with Gasteiger partial charge in [-0.15, -0.1) is 0 Å². The number of carbonyl (C=O) groups excluding carboxylic acids is 2. The lowest BCUT2D eigenvalue weighted by atomic mass is 9.99. The summed E-state index contributed by atoms with van der Waals surface area (Å²) in [5.41, 5.74) is 0.753. The summed E-state index contributed by atoms with van der Waals surface area (Å²) in [6.45, 7) is 0. The van der Waals surface area contributed by atoms with Crippen molar-refractivity contribution < 1.29 is 22.8 Å². The van der Waals surface area contributed by atoms with Gasteiger partial charge in [0.25, 0.3) is 0 Å². The standard InChI is InChI=1S/C23H19F3N2O2/c24-23(25,26)18-12-7-13-19(15-18)27-21(29)22(30)28-20(17-10-5-2-6-11-17)14-16-8-3-1-4-9-16/h1-13,15,20H,14H2,(H,27,29)(H,28,30). The van der Waals surface area contributed by atoms with Gasteiger partial charge in [-0.2, -0.15) is 13.2 Å². The van der Waals surface area contributed by atoms with E-state index in [9.17, 15) is 22.8 Å². The first kappa shape index (κ1) is 21.1. The SMILES string of the molecule is O=C(Nc1cccc(C(F)(F)F)c1)C(=O)NC(Cc1ccccc1)c1ccccc1. The van der Waals surface area contributed by atoms with E-state index in [1.165, 1.54) is 12.1 Å². The predicted octanol–water partition coefficient (Wildman–Crippen LogP) is 4.74. The highest BCUT2D eigenvalue weighted by atomic mass is 19.4. The summed E-state index contributed by atoms with van der Waals surface area (Å²) < 4.78 is 38.5. The third-order valence-electron chi connectivity index (χ3n) is 4.44. The summed E-state index contributed by atoms with van der Waals surface area (Å²) in [7, 11) is 0. The minimum Gasteiger partial charge on any atom is -0.341 e. The quantitative estimate of drug-likeness (QED) is 0.595. The summed E-state index contributed by atoms with van der Waals surface area (Å²) in [6.07, 6.45) is -4.09. The molecule has 154 valence electrons. The Labute approximate surface area is 171 Å². The summed E-state index contributed by atoms with van der Waals surface area (Å²) in [5.74, 6) is -1.97. The lowest BCUT2D eigenvalue weighted by molar-refractivity contribution is -0.137. The Morgan fingerprint density at radius 2 is 1.43 bits per heavy atom. The Balaban J connectivity index is 1.73. The van der Waals surface area contributed by atoms with Gasteiger partial charge in [0.1, 0.15) is 0 Å². The van der Waals surface area contributed by atoms with Crippen molar-refractivity contribution in [2.75, 3.05) is 5.32 Å². The van der Waals surface area contributed by atoms with Gasteiger partial charge in [-0.3, -0.25) is 9.59 Å². The first-order valence-electron chi connectivity index (χ1n) is 9.21. The summed E-state index contributed by atoms with van der Waals surface area (Å²) >= 11 is 0. The van der Waals surface area contributed by atoms with Gasteiger partial charge in [0.05, 0.1) is 11.6 Å². The molecule has 0 saturated carbocycles. The molecule has 0 heterocycles. The van der Waals surface area contributed by atoms with E-state index in [0.717, 1.165) is 23.3 Å². The van der Waals surface area contributed by atoms with Crippen LogP contribution in [0.5, 0.6) is 0 Å². The predicted molar refractivity (Wildman–Crippen MR) is 108 cm³/mol. The van der Waals surface area contributed by atoms with E-state index in [0.29, 0.717) is 6.42 Å². The fraction of sp³-hybridized carbons (Fsp3) is 0.130. The van der Waals surface area contributed by atoms with Crippen molar-refractivity contribution in [3.8, 4) is 0 Å². The van der Waals surface area contributed by atoms with E-state index in [1.54, 1.807) is 0 Å². The Hall–Kier alpha value is -3.61. The van der Waals surface area contributed by atoms with Crippen LogP contribution in [0.3, 0.4) is 0 Å². The summed E-state index contributed by atoms with van der Waals surface area (Å²) in [5, 5.41) is 4.90. The zero-order chi connectivity index (χ0) is 21.6. The minimum absolute atomic E-state index is 0.107. The molecule has 30 heavy (non-hydrogen) atoms. The van der Waals surface area contributed by atoms with Gasteiger partial charge in [0, 0.05) is 5.69 Å². The second-order valence-corrected chi connectivity index (χ2v) is 6.66. The number of rotatable bonds is 5. The highest BCUT2D eigenvalue weighted by Crippen LogP contribution is 2.30. The average molecular weight is 412 g/mol. The third-order valence-corrected chi connectivity index (χ3v) is 4.44. The number of halogens is 3. The fourth-order valence-electron chi connectivity index (χ4n) is 2.97. The minimum atomic E-state index is -4.54. The molecule has 3 aromatic carbocycles. The van der Waals surface area contributed by atoms with Crippen LogP contribution in [0.2, 0.25) is 0 Å². The van der Waals surface area contributed by atoms with Crippen LogP contribution in [0, 0.1) is 0 Å². The molecule has 3 rings (SSSR count). The molecule has 0 fully saturated rings. The van der Waals surface area contributed by atoms with Crippen LogP contribution in [0.1, 0.15) is 22.7 Å². The van der Waals surface area contributed by atoms with E-state index in [1.807, 2.05) is 60.7 Å². The Bertz CT molecular complexity index is 1010. The normalized spacial score (nSPS) is 12.1. The van der Waals surface area contributed by atoms with Crippen molar-refractivity contribution >= 4 is 17.5 Å². The number of anilines is 1. The zero-order valence-electron chi connectivity index (χ0n) is 15.8. The van der Waals surface area contributed by atoms with Crippen molar-refractivity contribution in [1.29, 1.82) is 0 Å². The maximum atomic E-state index is 12.8. The Morgan fingerprint density at radius 1 is 0.800 bits per heavy atom. The molecule has 2 N–H and O–H groups in total. The molecule has 1 unspecified atom stereocenters. The highest BCUT2D eigenvalue weighted by Gasteiger charge is 2.30. The molecule has 3 aromatic rings. The van der Waals surface area contributed by atoms with Gasteiger partial charge in [0.2, 0.25) is 0 Å². The summed E-state index contributed by atoms with van der Waals surface area (Å²) in [6, 6.07) is 22.2. The highest BCUT2D eigenvalue weighted by molar-refractivity contribution is 6.39. The van der Waals surface area contributed by atoms with E-state index in [-0.39, 0.29) is 5.69 Å². The lowest BCUT2D eigenvalue weighted by Gasteiger charge is -2.19. The van der Waals surface area contributed by atoms with Gasteiger partial charge in [-0.25, -0.2) is 0 Å². The van der Waals surface area contributed by atoms with Crippen molar-refractivity contribution in [2.45, 2.75) is 18.6 Å².